The fraction of sp³-hybridized carbons (Fsp3) is 0.176. The number of carbonyl (C=O) groups excluding carboxylic acids is 2. The van der Waals surface area contributed by atoms with E-state index in [9.17, 15) is 27.6 Å². The number of anilines is 2. The SMILES string of the molecule is CC(=O)Nc1ccc2nc(NC(=O)Cn3cc(C(F)(F)F)ccc3=O)sc2c1. The number of halogens is 3. The smallest absolute Gasteiger partial charge is 0.326 e. The molecule has 1 aromatic carbocycles. The van der Waals surface area contributed by atoms with Crippen LogP contribution in [-0.4, -0.2) is 21.4 Å². The quantitative estimate of drug-likeness (QED) is 0.691. The van der Waals surface area contributed by atoms with E-state index in [1.54, 1.807) is 18.2 Å². The molecule has 0 aliphatic rings. The number of alkyl halides is 3. The number of aromatic nitrogens is 2. The first-order valence-electron chi connectivity index (χ1n) is 7.87. The molecule has 146 valence electrons. The summed E-state index contributed by atoms with van der Waals surface area (Å²) in [7, 11) is 0. The molecule has 28 heavy (non-hydrogen) atoms. The summed E-state index contributed by atoms with van der Waals surface area (Å²) in [6.45, 7) is 0.786. The lowest BCUT2D eigenvalue weighted by Crippen LogP contribution is -2.28. The summed E-state index contributed by atoms with van der Waals surface area (Å²) >= 11 is 1.13. The van der Waals surface area contributed by atoms with Crippen molar-refractivity contribution in [3.8, 4) is 0 Å². The van der Waals surface area contributed by atoms with Crippen LogP contribution in [0.25, 0.3) is 10.2 Å². The van der Waals surface area contributed by atoms with E-state index in [4.69, 9.17) is 0 Å². The number of carbonyl (C=O) groups is 2. The second kappa shape index (κ2) is 7.43. The molecule has 0 aliphatic carbocycles. The maximum Gasteiger partial charge on any atom is 0.417 e. The molecule has 0 aliphatic heterocycles. The molecule has 0 radical (unpaired) electrons. The van der Waals surface area contributed by atoms with Gasteiger partial charge in [-0.05, 0) is 24.3 Å². The largest absolute Gasteiger partial charge is 0.417 e. The number of hydrogen-bond acceptors (Lipinski definition) is 5. The van der Waals surface area contributed by atoms with Gasteiger partial charge in [0.05, 0.1) is 15.8 Å². The molecule has 3 aromatic rings. The molecule has 11 heteroatoms. The zero-order chi connectivity index (χ0) is 20.5. The fourth-order valence-electron chi connectivity index (χ4n) is 2.40. The normalized spacial score (nSPS) is 11.4. The van der Waals surface area contributed by atoms with Crippen LogP contribution in [0.3, 0.4) is 0 Å². The van der Waals surface area contributed by atoms with Gasteiger partial charge in [-0.15, -0.1) is 0 Å². The highest BCUT2D eigenvalue weighted by atomic mass is 32.1. The lowest BCUT2D eigenvalue weighted by Gasteiger charge is -2.10. The average Bonchev–Trinajstić information content (AvgIpc) is 2.96. The fourth-order valence-corrected chi connectivity index (χ4v) is 3.32. The van der Waals surface area contributed by atoms with Gasteiger partial charge >= 0.3 is 6.18 Å². The third-order valence-corrected chi connectivity index (χ3v) is 4.51. The number of benzene rings is 1. The van der Waals surface area contributed by atoms with Crippen molar-refractivity contribution in [1.82, 2.24) is 9.55 Å². The Labute approximate surface area is 159 Å². The highest BCUT2D eigenvalue weighted by Gasteiger charge is 2.31. The van der Waals surface area contributed by atoms with Gasteiger partial charge in [0, 0.05) is 24.9 Å². The van der Waals surface area contributed by atoms with E-state index in [-0.39, 0.29) is 11.0 Å². The van der Waals surface area contributed by atoms with Crippen molar-refractivity contribution in [3.05, 3.63) is 52.4 Å². The number of fused-ring (bicyclic) bond motifs is 1. The first-order valence-corrected chi connectivity index (χ1v) is 8.69. The van der Waals surface area contributed by atoms with Crippen LogP contribution in [0.1, 0.15) is 12.5 Å². The number of nitrogens with zero attached hydrogens (tertiary/aromatic N) is 2. The zero-order valence-corrected chi connectivity index (χ0v) is 15.1. The summed E-state index contributed by atoms with van der Waals surface area (Å²) in [5, 5.41) is 5.31. The second-order valence-corrected chi connectivity index (χ2v) is 6.84. The van der Waals surface area contributed by atoms with Gasteiger partial charge in [0.25, 0.3) is 5.56 Å². The van der Waals surface area contributed by atoms with Gasteiger partial charge in [-0.2, -0.15) is 13.2 Å². The van der Waals surface area contributed by atoms with Crippen LogP contribution in [0, 0.1) is 0 Å². The molecule has 0 saturated heterocycles. The molecule has 0 fully saturated rings. The van der Waals surface area contributed by atoms with Crippen LogP contribution in [0.2, 0.25) is 0 Å². The van der Waals surface area contributed by atoms with Gasteiger partial charge in [0.2, 0.25) is 11.8 Å². The Morgan fingerprint density at radius 1 is 1.18 bits per heavy atom. The first-order chi connectivity index (χ1) is 13.1. The second-order valence-electron chi connectivity index (χ2n) is 5.81. The van der Waals surface area contributed by atoms with E-state index in [1.165, 1.54) is 6.92 Å². The van der Waals surface area contributed by atoms with Gasteiger partial charge in [0.1, 0.15) is 6.54 Å². The third-order valence-electron chi connectivity index (χ3n) is 3.58. The first kappa shape index (κ1) is 19.5. The molecule has 7 nitrogen and oxygen atoms in total. The summed E-state index contributed by atoms with van der Waals surface area (Å²) in [4.78, 5) is 39.2. The van der Waals surface area contributed by atoms with Crippen LogP contribution in [-0.2, 0) is 22.3 Å². The van der Waals surface area contributed by atoms with Crippen molar-refractivity contribution in [2.45, 2.75) is 19.6 Å². The van der Waals surface area contributed by atoms with E-state index in [1.807, 2.05) is 0 Å². The molecule has 0 atom stereocenters. The minimum Gasteiger partial charge on any atom is -0.326 e. The van der Waals surface area contributed by atoms with Crippen molar-refractivity contribution in [1.29, 1.82) is 0 Å². The van der Waals surface area contributed by atoms with Crippen LogP contribution in [0.4, 0.5) is 24.0 Å². The highest BCUT2D eigenvalue weighted by Crippen LogP contribution is 2.29. The maximum absolute atomic E-state index is 12.8. The Bertz CT molecular complexity index is 1120. The number of hydrogen-bond donors (Lipinski definition) is 2. The predicted octanol–water partition coefficient (Wildman–Crippen LogP) is 3.07. The van der Waals surface area contributed by atoms with Gasteiger partial charge in [0.15, 0.2) is 5.13 Å². The minimum atomic E-state index is -4.62. The van der Waals surface area contributed by atoms with Crippen molar-refractivity contribution < 1.29 is 22.8 Å². The van der Waals surface area contributed by atoms with Gasteiger partial charge < -0.3 is 15.2 Å². The van der Waals surface area contributed by atoms with Crippen molar-refractivity contribution in [2.24, 2.45) is 0 Å². The van der Waals surface area contributed by atoms with Crippen LogP contribution >= 0.6 is 11.3 Å². The molecule has 2 amide bonds. The van der Waals surface area contributed by atoms with Crippen molar-refractivity contribution in [2.75, 3.05) is 10.6 Å². The molecule has 0 bridgehead atoms. The summed E-state index contributed by atoms with van der Waals surface area (Å²) in [6.07, 6.45) is -4.02. The molecule has 0 unspecified atom stereocenters. The van der Waals surface area contributed by atoms with E-state index in [2.05, 4.69) is 15.6 Å². The number of thiazole rings is 1. The number of amides is 2. The Balaban J connectivity index is 1.76. The van der Waals surface area contributed by atoms with Crippen LogP contribution < -0.4 is 16.2 Å². The van der Waals surface area contributed by atoms with Gasteiger partial charge in [-0.25, -0.2) is 4.98 Å². The number of nitrogens with one attached hydrogen (secondary N) is 2. The average molecular weight is 410 g/mol. The van der Waals surface area contributed by atoms with E-state index >= 15 is 0 Å². The predicted molar refractivity (Wildman–Crippen MR) is 98.3 cm³/mol. The van der Waals surface area contributed by atoms with Gasteiger partial charge in [-0.3, -0.25) is 14.4 Å². The lowest BCUT2D eigenvalue weighted by atomic mass is 10.3. The van der Waals surface area contributed by atoms with Crippen LogP contribution in [0.5, 0.6) is 0 Å². The van der Waals surface area contributed by atoms with Crippen LogP contribution in [0.15, 0.2) is 41.3 Å². The highest BCUT2D eigenvalue weighted by molar-refractivity contribution is 7.22. The molecule has 2 N–H and O–H groups in total. The monoisotopic (exact) mass is 410 g/mol. The maximum atomic E-state index is 12.8. The zero-order valence-electron chi connectivity index (χ0n) is 14.3. The lowest BCUT2D eigenvalue weighted by molar-refractivity contribution is -0.138. The molecule has 2 heterocycles. The molecule has 3 rings (SSSR count). The van der Waals surface area contributed by atoms with E-state index in [0.717, 1.165) is 17.4 Å². The molecular formula is C17H13F3N4O3S. The summed E-state index contributed by atoms with van der Waals surface area (Å²) in [5.41, 5.74) is -0.611. The molecule has 0 spiro atoms. The summed E-state index contributed by atoms with van der Waals surface area (Å²) in [6, 6.07) is 6.41. The Hall–Kier alpha value is -3.21. The topological polar surface area (TPSA) is 93.1 Å². The Morgan fingerprint density at radius 3 is 2.61 bits per heavy atom. The summed E-state index contributed by atoms with van der Waals surface area (Å²) in [5.74, 6) is -0.925. The van der Waals surface area contributed by atoms with E-state index in [0.29, 0.717) is 32.7 Å². The van der Waals surface area contributed by atoms with Crippen molar-refractivity contribution in [3.63, 3.8) is 0 Å². The molecule has 2 aromatic heterocycles. The standard InChI is InChI=1S/C17H13F3N4O3S/c1-9(25)21-11-3-4-12-13(6-11)28-16(22-12)23-14(26)8-24-7-10(17(18,19)20)2-5-15(24)27/h2-7H,8H2,1H3,(H,21,25)(H,22,23,26). The number of rotatable bonds is 4. The minimum absolute atomic E-state index is 0.222. The van der Waals surface area contributed by atoms with E-state index < -0.39 is 29.8 Å². The number of pyridine rings is 1. The molecular weight excluding hydrogens is 397 g/mol. The Morgan fingerprint density at radius 2 is 1.93 bits per heavy atom. The summed E-state index contributed by atoms with van der Waals surface area (Å²) < 4.78 is 39.7. The van der Waals surface area contributed by atoms with Crippen molar-refractivity contribution >= 4 is 44.2 Å². The Kier molecular flexibility index (Phi) is 5.18. The van der Waals surface area contributed by atoms with Gasteiger partial charge in [-0.1, -0.05) is 11.3 Å². The third kappa shape index (κ3) is 4.55. The molecule has 0 saturated carbocycles.